The van der Waals surface area contributed by atoms with Crippen molar-refractivity contribution in [3.05, 3.63) is 64.7 Å². The van der Waals surface area contributed by atoms with Gasteiger partial charge < -0.3 is 5.32 Å². The molecular weight excluding hydrogens is 314 g/mol. The van der Waals surface area contributed by atoms with Crippen LogP contribution in [-0.4, -0.2) is 11.2 Å². The van der Waals surface area contributed by atoms with Crippen LogP contribution in [0.25, 0.3) is 0 Å². The summed E-state index contributed by atoms with van der Waals surface area (Å²) in [5.41, 5.74) is 4.84. The van der Waals surface area contributed by atoms with Crippen LogP contribution in [0.3, 0.4) is 0 Å². The summed E-state index contributed by atoms with van der Waals surface area (Å²) in [5, 5.41) is 3.90. The first kappa shape index (κ1) is 14.8. The highest BCUT2D eigenvalue weighted by atomic mass is 79.9. The number of carbonyl (C=O) groups excluding carboxylic acids is 1. The molecule has 0 saturated carbocycles. The number of anilines is 1. The number of hydrogen-bond donors (Lipinski definition) is 1. The van der Waals surface area contributed by atoms with E-state index in [1.165, 1.54) is 5.56 Å². The second-order valence-electron chi connectivity index (χ2n) is 4.86. The van der Waals surface area contributed by atoms with Gasteiger partial charge in [0.05, 0.1) is 0 Å². The Bertz CT molecular complexity index is 585. The SMILES string of the molecule is Cc1cccc(C)c1C(=O)Nc1ccc(CCBr)cc1. The molecule has 0 saturated heterocycles. The van der Waals surface area contributed by atoms with Gasteiger partial charge in [0.2, 0.25) is 0 Å². The molecule has 2 aromatic rings. The van der Waals surface area contributed by atoms with Gasteiger partial charge in [0.15, 0.2) is 0 Å². The predicted octanol–water partition coefficient (Wildman–Crippen LogP) is 4.49. The van der Waals surface area contributed by atoms with E-state index in [9.17, 15) is 4.79 Å². The molecule has 0 aliphatic carbocycles. The van der Waals surface area contributed by atoms with E-state index >= 15 is 0 Å². The lowest BCUT2D eigenvalue weighted by Crippen LogP contribution is -2.14. The third-order valence-electron chi connectivity index (χ3n) is 3.30. The van der Waals surface area contributed by atoms with Gasteiger partial charge >= 0.3 is 0 Å². The molecule has 20 heavy (non-hydrogen) atoms. The lowest BCUT2D eigenvalue weighted by atomic mass is 10.0. The zero-order chi connectivity index (χ0) is 14.5. The van der Waals surface area contributed by atoms with Gasteiger partial charge in [-0.15, -0.1) is 0 Å². The smallest absolute Gasteiger partial charge is 0.256 e. The Balaban J connectivity index is 2.15. The standard InChI is InChI=1S/C17H18BrNO/c1-12-4-3-5-13(2)16(12)17(20)19-15-8-6-14(7-9-15)10-11-18/h3-9H,10-11H2,1-2H3,(H,19,20). The van der Waals surface area contributed by atoms with Crippen molar-refractivity contribution < 1.29 is 4.79 Å². The number of alkyl halides is 1. The maximum absolute atomic E-state index is 12.3. The Hall–Kier alpha value is -1.61. The molecular formula is C17H18BrNO. The first-order valence-corrected chi connectivity index (χ1v) is 7.76. The quantitative estimate of drug-likeness (QED) is 0.821. The summed E-state index contributed by atoms with van der Waals surface area (Å²) in [6, 6.07) is 13.9. The summed E-state index contributed by atoms with van der Waals surface area (Å²) < 4.78 is 0. The van der Waals surface area contributed by atoms with E-state index < -0.39 is 0 Å². The highest BCUT2D eigenvalue weighted by Crippen LogP contribution is 2.17. The molecule has 0 heterocycles. The Labute approximate surface area is 128 Å². The van der Waals surface area contributed by atoms with E-state index in [0.29, 0.717) is 0 Å². The zero-order valence-electron chi connectivity index (χ0n) is 11.7. The number of nitrogens with one attached hydrogen (secondary N) is 1. The van der Waals surface area contributed by atoms with Gasteiger partial charge in [-0.1, -0.05) is 46.3 Å². The van der Waals surface area contributed by atoms with Crippen molar-refractivity contribution in [2.24, 2.45) is 0 Å². The minimum atomic E-state index is -0.0474. The van der Waals surface area contributed by atoms with Gasteiger partial charge in [-0.05, 0) is 49.1 Å². The Kier molecular flexibility index (Phi) is 4.96. The van der Waals surface area contributed by atoms with Crippen molar-refractivity contribution in [2.45, 2.75) is 20.3 Å². The van der Waals surface area contributed by atoms with Crippen molar-refractivity contribution >= 4 is 27.5 Å². The molecule has 2 nitrogen and oxygen atoms in total. The minimum Gasteiger partial charge on any atom is -0.322 e. The maximum atomic E-state index is 12.3. The first-order chi connectivity index (χ1) is 9.61. The van der Waals surface area contributed by atoms with Crippen LogP contribution in [0.1, 0.15) is 27.0 Å². The lowest BCUT2D eigenvalue weighted by Gasteiger charge is -2.10. The molecule has 2 aromatic carbocycles. The summed E-state index contributed by atoms with van der Waals surface area (Å²) >= 11 is 3.42. The van der Waals surface area contributed by atoms with E-state index in [0.717, 1.165) is 34.1 Å². The van der Waals surface area contributed by atoms with E-state index in [4.69, 9.17) is 0 Å². The third-order valence-corrected chi connectivity index (χ3v) is 3.70. The molecule has 0 aliphatic heterocycles. The van der Waals surface area contributed by atoms with Crippen LogP contribution in [0, 0.1) is 13.8 Å². The van der Waals surface area contributed by atoms with E-state index in [1.54, 1.807) is 0 Å². The Morgan fingerprint density at radius 1 is 1.05 bits per heavy atom. The van der Waals surface area contributed by atoms with Gasteiger partial charge in [0, 0.05) is 16.6 Å². The van der Waals surface area contributed by atoms with Gasteiger partial charge in [-0.2, -0.15) is 0 Å². The van der Waals surface area contributed by atoms with Crippen LogP contribution in [0.2, 0.25) is 0 Å². The second kappa shape index (κ2) is 6.71. The van der Waals surface area contributed by atoms with Crippen LogP contribution >= 0.6 is 15.9 Å². The van der Waals surface area contributed by atoms with Crippen molar-refractivity contribution in [3.63, 3.8) is 0 Å². The van der Waals surface area contributed by atoms with Gasteiger partial charge in [0.25, 0.3) is 5.91 Å². The number of rotatable bonds is 4. The minimum absolute atomic E-state index is 0.0474. The summed E-state index contributed by atoms with van der Waals surface area (Å²) in [6.45, 7) is 3.92. The zero-order valence-corrected chi connectivity index (χ0v) is 13.3. The summed E-state index contributed by atoms with van der Waals surface area (Å²) in [5.74, 6) is -0.0474. The predicted molar refractivity (Wildman–Crippen MR) is 87.8 cm³/mol. The molecule has 1 N–H and O–H groups in total. The molecule has 0 aliphatic rings. The highest BCUT2D eigenvalue weighted by molar-refractivity contribution is 9.09. The summed E-state index contributed by atoms with van der Waals surface area (Å²) in [6.07, 6.45) is 0.991. The molecule has 0 fully saturated rings. The highest BCUT2D eigenvalue weighted by Gasteiger charge is 2.11. The van der Waals surface area contributed by atoms with Crippen molar-refractivity contribution in [1.82, 2.24) is 0 Å². The molecule has 0 atom stereocenters. The number of hydrogen-bond acceptors (Lipinski definition) is 1. The molecule has 0 bridgehead atoms. The van der Waals surface area contributed by atoms with Crippen LogP contribution in [0.15, 0.2) is 42.5 Å². The van der Waals surface area contributed by atoms with Crippen LogP contribution in [-0.2, 0) is 6.42 Å². The summed E-state index contributed by atoms with van der Waals surface area (Å²) in [4.78, 5) is 12.3. The fourth-order valence-electron chi connectivity index (χ4n) is 2.23. The first-order valence-electron chi connectivity index (χ1n) is 6.64. The average Bonchev–Trinajstić information content (AvgIpc) is 2.41. The van der Waals surface area contributed by atoms with Gasteiger partial charge in [-0.3, -0.25) is 4.79 Å². The molecule has 0 radical (unpaired) electrons. The molecule has 104 valence electrons. The molecule has 0 spiro atoms. The van der Waals surface area contributed by atoms with Crippen LogP contribution < -0.4 is 5.32 Å². The number of amides is 1. The molecule has 0 aromatic heterocycles. The number of aryl methyl sites for hydroxylation is 3. The number of benzene rings is 2. The number of halogens is 1. The molecule has 3 heteroatoms. The van der Waals surface area contributed by atoms with E-state index in [2.05, 4.69) is 21.2 Å². The monoisotopic (exact) mass is 331 g/mol. The Morgan fingerprint density at radius 2 is 1.65 bits per heavy atom. The third kappa shape index (κ3) is 3.48. The molecule has 0 unspecified atom stereocenters. The number of carbonyl (C=O) groups is 1. The lowest BCUT2D eigenvalue weighted by molar-refractivity contribution is 0.102. The normalized spacial score (nSPS) is 10.3. The van der Waals surface area contributed by atoms with Crippen molar-refractivity contribution in [1.29, 1.82) is 0 Å². The van der Waals surface area contributed by atoms with Gasteiger partial charge in [-0.25, -0.2) is 0 Å². The second-order valence-corrected chi connectivity index (χ2v) is 5.65. The van der Waals surface area contributed by atoms with Gasteiger partial charge in [0.1, 0.15) is 0 Å². The fraction of sp³-hybridized carbons (Fsp3) is 0.235. The largest absolute Gasteiger partial charge is 0.322 e. The van der Waals surface area contributed by atoms with E-state index in [1.807, 2.05) is 56.3 Å². The topological polar surface area (TPSA) is 29.1 Å². The maximum Gasteiger partial charge on any atom is 0.256 e. The molecule has 1 amide bonds. The van der Waals surface area contributed by atoms with Crippen LogP contribution in [0.4, 0.5) is 5.69 Å². The van der Waals surface area contributed by atoms with Crippen LogP contribution in [0.5, 0.6) is 0 Å². The summed E-state index contributed by atoms with van der Waals surface area (Å²) in [7, 11) is 0. The molecule has 2 rings (SSSR count). The van der Waals surface area contributed by atoms with Crippen molar-refractivity contribution in [3.8, 4) is 0 Å². The fourth-order valence-corrected chi connectivity index (χ4v) is 2.69. The van der Waals surface area contributed by atoms with Crippen molar-refractivity contribution in [2.75, 3.05) is 10.6 Å². The average molecular weight is 332 g/mol. The van der Waals surface area contributed by atoms with E-state index in [-0.39, 0.29) is 5.91 Å². The Morgan fingerprint density at radius 3 is 2.20 bits per heavy atom.